The van der Waals surface area contributed by atoms with Gasteiger partial charge in [0.05, 0.1) is 12.6 Å². The molecule has 3 aromatic carbocycles. The van der Waals surface area contributed by atoms with Crippen molar-refractivity contribution < 1.29 is 9.90 Å². The fourth-order valence-corrected chi connectivity index (χ4v) is 4.44. The maximum atomic E-state index is 13.4. The highest BCUT2D eigenvalue weighted by atomic mass is 16.3. The minimum atomic E-state index is -0.0324. The van der Waals surface area contributed by atoms with Crippen molar-refractivity contribution in [3.05, 3.63) is 107 Å². The summed E-state index contributed by atoms with van der Waals surface area (Å²) in [6.07, 6.45) is 1.53. The lowest BCUT2D eigenvalue weighted by Crippen LogP contribution is -2.44. The van der Waals surface area contributed by atoms with Crippen LogP contribution in [0.15, 0.2) is 84.9 Å². The number of aliphatic hydroxyl groups excluding tert-OH is 1. The standard InChI is InChI=1S/C27H30N2O2/c30-19-9-17-29(21-26(31)28-18-16-22-10-7-8-15-25(22)20-28)27(23-11-3-1-4-12-23)24-13-5-2-6-14-24/h1-8,10-15,27,30H,9,16-21H2. The Labute approximate surface area is 184 Å². The first-order valence-electron chi connectivity index (χ1n) is 11.1. The molecule has 4 rings (SSSR count). The molecule has 0 aromatic heterocycles. The van der Waals surface area contributed by atoms with Crippen LogP contribution in [0.25, 0.3) is 0 Å². The topological polar surface area (TPSA) is 43.8 Å². The van der Waals surface area contributed by atoms with Crippen molar-refractivity contribution in [1.82, 2.24) is 9.80 Å². The zero-order chi connectivity index (χ0) is 21.5. The molecule has 4 nitrogen and oxygen atoms in total. The van der Waals surface area contributed by atoms with Gasteiger partial charge in [-0.3, -0.25) is 9.69 Å². The third-order valence-electron chi connectivity index (χ3n) is 6.02. The Balaban J connectivity index is 1.58. The van der Waals surface area contributed by atoms with Crippen molar-refractivity contribution in [1.29, 1.82) is 0 Å². The Morgan fingerprint density at radius 3 is 2.06 bits per heavy atom. The Morgan fingerprint density at radius 2 is 1.45 bits per heavy atom. The number of amides is 1. The van der Waals surface area contributed by atoms with Crippen molar-refractivity contribution in [3.63, 3.8) is 0 Å². The average Bonchev–Trinajstić information content (AvgIpc) is 2.83. The van der Waals surface area contributed by atoms with Crippen molar-refractivity contribution >= 4 is 5.91 Å². The summed E-state index contributed by atoms with van der Waals surface area (Å²) in [5.74, 6) is 0.143. The van der Waals surface area contributed by atoms with Crippen LogP contribution in [0.2, 0.25) is 0 Å². The van der Waals surface area contributed by atoms with E-state index in [1.54, 1.807) is 0 Å². The molecule has 0 fully saturated rings. The van der Waals surface area contributed by atoms with Crippen LogP contribution in [0, 0.1) is 0 Å². The molecule has 0 aliphatic carbocycles. The van der Waals surface area contributed by atoms with Crippen LogP contribution in [0.1, 0.15) is 34.7 Å². The van der Waals surface area contributed by atoms with Gasteiger partial charge in [-0.05, 0) is 35.1 Å². The van der Waals surface area contributed by atoms with Crippen LogP contribution < -0.4 is 0 Å². The summed E-state index contributed by atoms with van der Waals surface area (Å²) in [5.41, 5.74) is 4.90. The lowest BCUT2D eigenvalue weighted by atomic mass is 9.96. The van der Waals surface area contributed by atoms with E-state index >= 15 is 0 Å². The van der Waals surface area contributed by atoms with Gasteiger partial charge in [-0.2, -0.15) is 0 Å². The van der Waals surface area contributed by atoms with E-state index in [9.17, 15) is 9.90 Å². The second kappa shape index (κ2) is 10.4. The predicted molar refractivity (Wildman–Crippen MR) is 124 cm³/mol. The van der Waals surface area contributed by atoms with Crippen LogP contribution in [0.5, 0.6) is 0 Å². The predicted octanol–water partition coefficient (Wildman–Crippen LogP) is 4.05. The molecule has 0 atom stereocenters. The van der Waals surface area contributed by atoms with Crippen LogP contribution in [0.3, 0.4) is 0 Å². The molecule has 160 valence electrons. The van der Waals surface area contributed by atoms with Crippen molar-refractivity contribution in [2.45, 2.75) is 25.4 Å². The van der Waals surface area contributed by atoms with Gasteiger partial charge in [-0.25, -0.2) is 0 Å². The Morgan fingerprint density at radius 1 is 0.871 bits per heavy atom. The number of nitrogens with zero attached hydrogens (tertiary/aromatic N) is 2. The minimum Gasteiger partial charge on any atom is -0.396 e. The maximum Gasteiger partial charge on any atom is 0.237 e. The Hall–Kier alpha value is -2.95. The fourth-order valence-electron chi connectivity index (χ4n) is 4.44. The summed E-state index contributed by atoms with van der Waals surface area (Å²) in [5, 5.41) is 9.51. The quantitative estimate of drug-likeness (QED) is 0.605. The Bertz CT molecular complexity index is 935. The third-order valence-corrected chi connectivity index (χ3v) is 6.02. The number of hydrogen-bond donors (Lipinski definition) is 1. The molecule has 1 N–H and O–H groups in total. The molecule has 0 radical (unpaired) electrons. The highest BCUT2D eigenvalue weighted by Gasteiger charge is 2.27. The van der Waals surface area contributed by atoms with E-state index in [-0.39, 0.29) is 18.6 Å². The number of hydrogen-bond acceptors (Lipinski definition) is 3. The molecule has 1 aliphatic rings. The Kier molecular flexibility index (Phi) is 7.13. The van der Waals surface area contributed by atoms with Crippen molar-refractivity contribution in [3.8, 4) is 0 Å². The molecule has 1 aliphatic heterocycles. The zero-order valence-electron chi connectivity index (χ0n) is 17.9. The van der Waals surface area contributed by atoms with Crippen molar-refractivity contribution in [2.75, 3.05) is 26.2 Å². The molecule has 1 heterocycles. The molecule has 1 amide bonds. The summed E-state index contributed by atoms with van der Waals surface area (Å²) < 4.78 is 0. The lowest BCUT2D eigenvalue weighted by Gasteiger charge is -2.35. The summed E-state index contributed by atoms with van der Waals surface area (Å²) in [6.45, 7) is 2.52. The summed E-state index contributed by atoms with van der Waals surface area (Å²) in [7, 11) is 0. The number of aliphatic hydroxyl groups is 1. The van der Waals surface area contributed by atoms with Gasteiger partial charge in [0, 0.05) is 26.2 Å². The van der Waals surface area contributed by atoms with Gasteiger partial charge in [-0.1, -0.05) is 84.9 Å². The first-order chi connectivity index (χ1) is 15.3. The van der Waals surface area contributed by atoms with E-state index < -0.39 is 0 Å². The van der Waals surface area contributed by atoms with Gasteiger partial charge in [0.25, 0.3) is 0 Å². The largest absolute Gasteiger partial charge is 0.396 e. The lowest BCUT2D eigenvalue weighted by molar-refractivity contribution is -0.133. The molecule has 0 saturated heterocycles. The monoisotopic (exact) mass is 414 g/mol. The number of rotatable bonds is 8. The average molecular weight is 415 g/mol. The normalized spacial score (nSPS) is 13.5. The molecule has 0 unspecified atom stereocenters. The fraction of sp³-hybridized carbons (Fsp3) is 0.296. The van der Waals surface area contributed by atoms with Gasteiger partial charge in [0.15, 0.2) is 0 Å². The molecule has 0 saturated carbocycles. The molecular weight excluding hydrogens is 384 g/mol. The highest BCUT2D eigenvalue weighted by molar-refractivity contribution is 5.78. The third kappa shape index (κ3) is 5.22. The maximum absolute atomic E-state index is 13.4. The van der Waals surface area contributed by atoms with E-state index in [0.29, 0.717) is 26.1 Å². The molecule has 0 spiro atoms. The first kappa shape index (κ1) is 21.3. The summed E-state index contributed by atoms with van der Waals surface area (Å²) in [6, 6.07) is 29.0. The number of fused-ring (bicyclic) bond motifs is 1. The van der Waals surface area contributed by atoms with Crippen LogP contribution in [-0.4, -0.2) is 47.1 Å². The number of benzene rings is 3. The SMILES string of the molecule is O=C(CN(CCCO)C(c1ccccc1)c1ccccc1)N1CCc2ccccc2C1. The van der Waals surface area contributed by atoms with E-state index in [1.165, 1.54) is 11.1 Å². The number of carbonyl (C=O) groups is 1. The van der Waals surface area contributed by atoms with Gasteiger partial charge < -0.3 is 10.0 Å². The van der Waals surface area contributed by atoms with E-state index in [0.717, 1.165) is 24.1 Å². The van der Waals surface area contributed by atoms with Gasteiger partial charge in [-0.15, -0.1) is 0 Å². The minimum absolute atomic E-state index is 0.0324. The molecule has 3 aromatic rings. The van der Waals surface area contributed by atoms with E-state index in [4.69, 9.17) is 0 Å². The zero-order valence-corrected chi connectivity index (χ0v) is 17.9. The summed E-state index contributed by atoms with van der Waals surface area (Å²) >= 11 is 0. The van der Waals surface area contributed by atoms with E-state index in [1.807, 2.05) is 47.4 Å². The summed E-state index contributed by atoms with van der Waals surface area (Å²) in [4.78, 5) is 17.6. The second-order valence-electron chi connectivity index (χ2n) is 8.11. The van der Waals surface area contributed by atoms with Gasteiger partial charge in [0.2, 0.25) is 5.91 Å². The second-order valence-corrected chi connectivity index (χ2v) is 8.11. The smallest absolute Gasteiger partial charge is 0.237 e. The van der Waals surface area contributed by atoms with Gasteiger partial charge >= 0.3 is 0 Å². The van der Waals surface area contributed by atoms with Gasteiger partial charge in [0.1, 0.15) is 0 Å². The molecule has 31 heavy (non-hydrogen) atoms. The van der Waals surface area contributed by atoms with Crippen LogP contribution >= 0.6 is 0 Å². The molecular formula is C27H30N2O2. The van der Waals surface area contributed by atoms with Crippen LogP contribution in [0.4, 0.5) is 0 Å². The molecule has 4 heteroatoms. The van der Waals surface area contributed by atoms with Crippen molar-refractivity contribution in [2.24, 2.45) is 0 Å². The van der Waals surface area contributed by atoms with Crippen LogP contribution in [-0.2, 0) is 17.8 Å². The number of carbonyl (C=O) groups excluding carboxylic acids is 1. The first-order valence-corrected chi connectivity index (χ1v) is 11.1. The highest BCUT2D eigenvalue weighted by Crippen LogP contribution is 2.29. The van der Waals surface area contributed by atoms with E-state index in [2.05, 4.69) is 47.4 Å². The molecule has 0 bridgehead atoms.